The molecule has 3 N–H and O–H groups in total. The van der Waals surface area contributed by atoms with E-state index in [9.17, 15) is 13.2 Å². The van der Waals surface area contributed by atoms with Gasteiger partial charge in [-0.15, -0.1) is 0 Å². The van der Waals surface area contributed by atoms with Crippen LogP contribution < -0.4 is 10.5 Å². The summed E-state index contributed by atoms with van der Waals surface area (Å²) in [6, 6.07) is 7.22. The van der Waals surface area contributed by atoms with Crippen molar-refractivity contribution in [1.82, 2.24) is 15.3 Å². The number of amides is 1. The molecular weight excluding hydrogens is 304 g/mol. The molecule has 0 unspecified atom stereocenters. The van der Waals surface area contributed by atoms with Gasteiger partial charge in [0.1, 0.15) is 5.82 Å². The zero-order chi connectivity index (χ0) is 16.3. The van der Waals surface area contributed by atoms with Crippen LogP contribution in [0.3, 0.4) is 0 Å². The lowest BCUT2D eigenvalue weighted by Crippen LogP contribution is -2.24. The quantitative estimate of drug-likeness (QED) is 0.859. The molecule has 0 aliphatic rings. The molecule has 1 heterocycles. The van der Waals surface area contributed by atoms with Gasteiger partial charge >= 0.3 is 0 Å². The number of carbonyl (C=O) groups is 1. The van der Waals surface area contributed by atoms with Gasteiger partial charge in [0.25, 0.3) is 5.91 Å². The predicted octanol–water partition coefficient (Wildman–Crippen LogP) is 0.671. The van der Waals surface area contributed by atoms with Crippen molar-refractivity contribution >= 4 is 15.9 Å². The van der Waals surface area contributed by atoms with Crippen LogP contribution in [0.4, 0.5) is 0 Å². The maximum atomic E-state index is 12.0. The monoisotopic (exact) mass is 320 g/mol. The third kappa shape index (κ3) is 4.09. The smallest absolute Gasteiger partial charge is 0.251 e. The molecule has 2 rings (SSSR count). The second kappa shape index (κ2) is 6.20. The van der Waals surface area contributed by atoms with Crippen LogP contribution >= 0.6 is 0 Å². The van der Waals surface area contributed by atoms with Crippen LogP contribution in [0.25, 0.3) is 0 Å². The Hall–Kier alpha value is -2.32. The fraction of sp³-hybridized carbons (Fsp3) is 0.214. The average molecular weight is 320 g/mol. The highest BCUT2D eigenvalue weighted by Crippen LogP contribution is 2.09. The van der Waals surface area contributed by atoms with E-state index in [1.807, 2.05) is 19.9 Å². The number of carbonyl (C=O) groups excluding carboxylic acids is 1. The van der Waals surface area contributed by atoms with Gasteiger partial charge < -0.3 is 5.32 Å². The number of sulfonamides is 1. The molecule has 0 aliphatic heterocycles. The Bertz CT molecular complexity index is 781. The summed E-state index contributed by atoms with van der Waals surface area (Å²) in [5.74, 6) is 0.177. The molecule has 8 heteroatoms. The Balaban J connectivity index is 2.06. The van der Waals surface area contributed by atoms with Crippen molar-refractivity contribution in [2.45, 2.75) is 25.3 Å². The van der Waals surface area contributed by atoms with Crippen LogP contribution in [0.2, 0.25) is 0 Å². The summed E-state index contributed by atoms with van der Waals surface area (Å²) in [7, 11) is -3.76. The zero-order valence-electron chi connectivity index (χ0n) is 12.2. The number of aromatic nitrogens is 2. The predicted molar refractivity (Wildman–Crippen MR) is 80.5 cm³/mol. The highest BCUT2D eigenvalue weighted by atomic mass is 32.2. The molecule has 0 fully saturated rings. The molecule has 0 aliphatic carbocycles. The molecule has 7 nitrogen and oxygen atoms in total. The van der Waals surface area contributed by atoms with Gasteiger partial charge in [-0.2, -0.15) is 0 Å². The van der Waals surface area contributed by atoms with Gasteiger partial charge in [-0.3, -0.25) is 4.79 Å². The molecule has 1 amide bonds. The van der Waals surface area contributed by atoms with Gasteiger partial charge in [-0.05, 0) is 44.2 Å². The molecule has 0 saturated heterocycles. The van der Waals surface area contributed by atoms with Crippen molar-refractivity contribution in [3.63, 3.8) is 0 Å². The highest BCUT2D eigenvalue weighted by Gasteiger charge is 2.10. The number of rotatable bonds is 4. The van der Waals surface area contributed by atoms with Crippen molar-refractivity contribution in [3.05, 3.63) is 53.1 Å². The van der Waals surface area contributed by atoms with E-state index in [-0.39, 0.29) is 17.3 Å². The van der Waals surface area contributed by atoms with Gasteiger partial charge in [-0.1, -0.05) is 0 Å². The summed E-state index contributed by atoms with van der Waals surface area (Å²) in [6.45, 7) is 3.90. The number of nitrogens with one attached hydrogen (secondary N) is 1. The van der Waals surface area contributed by atoms with E-state index in [4.69, 9.17) is 5.14 Å². The summed E-state index contributed by atoms with van der Waals surface area (Å²) >= 11 is 0. The van der Waals surface area contributed by atoms with Crippen LogP contribution in [-0.4, -0.2) is 24.3 Å². The van der Waals surface area contributed by atoms with E-state index in [1.54, 1.807) is 0 Å². The third-order valence-electron chi connectivity index (χ3n) is 2.88. The Morgan fingerprint density at radius 1 is 1.14 bits per heavy atom. The molecule has 0 atom stereocenters. The normalized spacial score (nSPS) is 11.2. The van der Waals surface area contributed by atoms with Crippen LogP contribution in [-0.2, 0) is 16.6 Å². The van der Waals surface area contributed by atoms with Gasteiger partial charge in [0.05, 0.1) is 11.4 Å². The van der Waals surface area contributed by atoms with Crippen molar-refractivity contribution < 1.29 is 13.2 Å². The lowest BCUT2D eigenvalue weighted by Gasteiger charge is -2.06. The number of aryl methyl sites for hydroxylation is 2. The maximum Gasteiger partial charge on any atom is 0.251 e. The van der Waals surface area contributed by atoms with Crippen molar-refractivity contribution in [2.24, 2.45) is 5.14 Å². The average Bonchev–Trinajstić information content (AvgIpc) is 2.43. The van der Waals surface area contributed by atoms with Crippen LogP contribution in [0, 0.1) is 13.8 Å². The van der Waals surface area contributed by atoms with E-state index < -0.39 is 10.0 Å². The fourth-order valence-corrected chi connectivity index (χ4v) is 2.45. The largest absolute Gasteiger partial charge is 0.345 e. The summed E-state index contributed by atoms with van der Waals surface area (Å²) in [6.07, 6.45) is 0. The molecule has 2 aromatic rings. The molecular formula is C14H16N4O3S. The van der Waals surface area contributed by atoms with Crippen LogP contribution in [0.1, 0.15) is 27.6 Å². The number of hydrogen-bond acceptors (Lipinski definition) is 5. The molecule has 0 spiro atoms. The van der Waals surface area contributed by atoms with E-state index >= 15 is 0 Å². The Morgan fingerprint density at radius 3 is 2.18 bits per heavy atom. The molecule has 1 aromatic carbocycles. The summed E-state index contributed by atoms with van der Waals surface area (Å²) in [5, 5.41) is 7.68. The summed E-state index contributed by atoms with van der Waals surface area (Å²) in [5.41, 5.74) is 1.99. The number of benzene rings is 1. The fourth-order valence-electron chi connectivity index (χ4n) is 1.94. The number of hydrogen-bond donors (Lipinski definition) is 2. The number of nitrogens with zero attached hydrogens (tertiary/aromatic N) is 2. The first-order chi connectivity index (χ1) is 10.3. The van der Waals surface area contributed by atoms with E-state index in [0.29, 0.717) is 11.4 Å². The minimum absolute atomic E-state index is 0.0401. The second-order valence-corrected chi connectivity index (χ2v) is 6.38. The van der Waals surface area contributed by atoms with Crippen molar-refractivity contribution in [1.29, 1.82) is 0 Å². The minimum Gasteiger partial charge on any atom is -0.345 e. The number of primary sulfonamides is 1. The zero-order valence-corrected chi connectivity index (χ0v) is 13.0. The molecule has 1 aromatic heterocycles. The van der Waals surface area contributed by atoms with E-state index in [2.05, 4.69) is 15.3 Å². The Kier molecular flexibility index (Phi) is 4.53. The first-order valence-corrected chi connectivity index (χ1v) is 8.02. The lowest BCUT2D eigenvalue weighted by atomic mass is 10.2. The lowest BCUT2D eigenvalue weighted by molar-refractivity contribution is 0.0949. The molecule has 0 radical (unpaired) electrons. The topological polar surface area (TPSA) is 115 Å². The third-order valence-corrected chi connectivity index (χ3v) is 3.81. The highest BCUT2D eigenvalue weighted by molar-refractivity contribution is 7.89. The van der Waals surface area contributed by atoms with Crippen molar-refractivity contribution in [2.75, 3.05) is 0 Å². The second-order valence-electron chi connectivity index (χ2n) is 4.82. The molecule has 22 heavy (non-hydrogen) atoms. The number of nitrogens with two attached hydrogens (primary N) is 1. The Labute approximate surface area is 128 Å². The van der Waals surface area contributed by atoms with E-state index in [1.165, 1.54) is 24.3 Å². The maximum absolute atomic E-state index is 12.0. The van der Waals surface area contributed by atoms with Gasteiger partial charge in [0.2, 0.25) is 10.0 Å². The van der Waals surface area contributed by atoms with Crippen molar-refractivity contribution in [3.8, 4) is 0 Å². The SMILES string of the molecule is Cc1cc(C)nc(CNC(=O)c2ccc(S(N)(=O)=O)cc2)n1. The minimum atomic E-state index is -3.76. The summed E-state index contributed by atoms with van der Waals surface area (Å²) in [4.78, 5) is 20.4. The first-order valence-electron chi connectivity index (χ1n) is 6.48. The molecule has 116 valence electrons. The van der Waals surface area contributed by atoms with E-state index in [0.717, 1.165) is 11.4 Å². The first kappa shape index (κ1) is 16.1. The summed E-state index contributed by atoms with van der Waals surface area (Å²) < 4.78 is 22.3. The standard InChI is InChI=1S/C14H16N4O3S/c1-9-7-10(2)18-13(17-9)8-16-14(19)11-3-5-12(6-4-11)22(15,20)21/h3-7H,8H2,1-2H3,(H,16,19)(H2,15,20,21). The van der Waals surface area contributed by atoms with Crippen LogP contribution in [0.15, 0.2) is 35.2 Å². The molecule has 0 bridgehead atoms. The van der Waals surface area contributed by atoms with Gasteiger partial charge in [0, 0.05) is 17.0 Å². The van der Waals surface area contributed by atoms with Gasteiger partial charge in [-0.25, -0.2) is 23.5 Å². The van der Waals surface area contributed by atoms with Crippen LogP contribution in [0.5, 0.6) is 0 Å². The molecule has 0 saturated carbocycles. The Morgan fingerprint density at radius 2 is 1.68 bits per heavy atom. The van der Waals surface area contributed by atoms with Gasteiger partial charge in [0.15, 0.2) is 0 Å².